The Hall–Kier alpha value is -0.940. The van der Waals surface area contributed by atoms with Crippen molar-refractivity contribution in [1.82, 2.24) is 4.90 Å². The van der Waals surface area contributed by atoms with Gasteiger partial charge in [0, 0.05) is 25.7 Å². The quantitative estimate of drug-likeness (QED) is 0.540. The molecule has 0 heterocycles. The maximum atomic E-state index is 11.6. The molecule has 15 heavy (non-hydrogen) atoms. The maximum Gasteiger partial charge on any atom is 0.223 e. The zero-order valence-electron chi connectivity index (χ0n) is 9.06. The number of rotatable bonds is 8. The van der Waals surface area contributed by atoms with Gasteiger partial charge in [-0.2, -0.15) is 0 Å². The van der Waals surface area contributed by atoms with Gasteiger partial charge in [-0.05, 0) is 19.8 Å². The van der Waals surface area contributed by atoms with Crippen molar-refractivity contribution in [3.63, 3.8) is 0 Å². The number of carbonyl (C=O) groups excluding carboxylic acids is 2. The Morgan fingerprint density at radius 3 is 2.53 bits per heavy atom. The van der Waals surface area contributed by atoms with E-state index in [1.807, 2.05) is 0 Å². The van der Waals surface area contributed by atoms with E-state index in [4.69, 9.17) is 10.2 Å². The number of amides is 1. The van der Waals surface area contributed by atoms with E-state index in [0.29, 0.717) is 19.1 Å². The molecule has 0 aromatic heterocycles. The lowest BCUT2D eigenvalue weighted by molar-refractivity contribution is -0.135. The molecule has 0 aliphatic rings. The maximum absolute atomic E-state index is 11.6. The Labute approximate surface area is 89.7 Å². The number of aliphatic hydroxyl groups excluding tert-OH is 2. The molecule has 1 amide bonds. The van der Waals surface area contributed by atoms with E-state index in [2.05, 4.69) is 0 Å². The average Bonchev–Trinajstić information content (AvgIpc) is 2.22. The minimum atomic E-state index is -0.155. The highest BCUT2D eigenvalue weighted by atomic mass is 16.3. The molecule has 2 N–H and O–H groups in total. The van der Waals surface area contributed by atoms with Crippen molar-refractivity contribution in [2.45, 2.75) is 32.2 Å². The van der Waals surface area contributed by atoms with Crippen LogP contribution < -0.4 is 0 Å². The van der Waals surface area contributed by atoms with Crippen LogP contribution in [0.25, 0.3) is 0 Å². The monoisotopic (exact) mass is 217 g/mol. The van der Waals surface area contributed by atoms with Crippen LogP contribution in [-0.4, -0.2) is 53.1 Å². The topological polar surface area (TPSA) is 77.8 Å². The SMILES string of the molecule is CC(CCO)N(CC=O)C(=O)CCCO. The number of hydrogen-bond acceptors (Lipinski definition) is 4. The lowest BCUT2D eigenvalue weighted by atomic mass is 10.2. The third-order valence-corrected chi connectivity index (χ3v) is 2.22. The Bertz CT molecular complexity index is 196. The standard InChI is InChI=1S/C10H19NO4/c1-9(4-7-13)11(5-8-14)10(15)3-2-6-12/h8-9,12-13H,2-7H2,1H3. The highest BCUT2D eigenvalue weighted by molar-refractivity contribution is 5.78. The molecule has 0 aliphatic carbocycles. The molecule has 0 radical (unpaired) electrons. The van der Waals surface area contributed by atoms with Gasteiger partial charge in [-0.1, -0.05) is 0 Å². The van der Waals surface area contributed by atoms with Gasteiger partial charge in [0.25, 0.3) is 0 Å². The smallest absolute Gasteiger partial charge is 0.223 e. The van der Waals surface area contributed by atoms with E-state index in [1.165, 1.54) is 4.90 Å². The van der Waals surface area contributed by atoms with Gasteiger partial charge in [-0.3, -0.25) is 4.79 Å². The summed E-state index contributed by atoms with van der Waals surface area (Å²) in [6.07, 6.45) is 1.77. The van der Waals surface area contributed by atoms with Crippen LogP contribution in [0, 0.1) is 0 Å². The van der Waals surface area contributed by atoms with Gasteiger partial charge in [0.15, 0.2) is 0 Å². The number of hydrogen-bond donors (Lipinski definition) is 2. The largest absolute Gasteiger partial charge is 0.396 e. The molecule has 0 bridgehead atoms. The summed E-state index contributed by atoms with van der Waals surface area (Å²) in [5.74, 6) is -0.155. The fourth-order valence-electron chi connectivity index (χ4n) is 1.32. The third kappa shape index (κ3) is 5.49. The molecule has 1 unspecified atom stereocenters. The van der Waals surface area contributed by atoms with Gasteiger partial charge in [0.05, 0.1) is 6.54 Å². The van der Waals surface area contributed by atoms with Gasteiger partial charge >= 0.3 is 0 Å². The minimum absolute atomic E-state index is 0.0101. The van der Waals surface area contributed by atoms with Gasteiger partial charge in [-0.15, -0.1) is 0 Å². The van der Waals surface area contributed by atoms with Gasteiger partial charge in [-0.25, -0.2) is 0 Å². The number of aldehydes is 1. The third-order valence-electron chi connectivity index (χ3n) is 2.22. The average molecular weight is 217 g/mol. The van der Waals surface area contributed by atoms with Crippen molar-refractivity contribution in [3.8, 4) is 0 Å². The Morgan fingerprint density at radius 2 is 2.07 bits per heavy atom. The molecule has 1 atom stereocenters. The number of carbonyl (C=O) groups is 2. The van der Waals surface area contributed by atoms with Crippen molar-refractivity contribution in [3.05, 3.63) is 0 Å². The Balaban J connectivity index is 4.22. The molecule has 0 rings (SSSR count). The molecule has 0 aromatic rings. The molecule has 5 nitrogen and oxygen atoms in total. The molecule has 0 fully saturated rings. The van der Waals surface area contributed by atoms with Crippen LogP contribution in [0.4, 0.5) is 0 Å². The van der Waals surface area contributed by atoms with Crippen LogP contribution in [-0.2, 0) is 9.59 Å². The molecular weight excluding hydrogens is 198 g/mol. The summed E-state index contributed by atoms with van der Waals surface area (Å²) in [6, 6.07) is -0.147. The fourth-order valence-corrected chi connectivity index (χ4v) is 1.32. The predicted molar refractivity (Wildman–Crippen MR) is 55.3 cm³/mol. The zero-order chi connectivity index (χ0) is 11.7. The summed E-state index contributed by atoms with van der Waals surface area (Å²) >= 11 is 0. The van der Waals surface area contributed by atoms with Gasteiger partial charge in [0.2, 0.25) is 5.91 Å². The van der Waals surface area contributed by atoms with Crippen molar-refractivity contribution in [2.75, 3.05) is 19.8 Å². The summed E-state index contributed by atoms with van der Waals surface area (Å²) in [5, 5.41) is 17.3. The lowest BCUT2D eigenvalue weighted by Crippen LogP contribution is -2.40. The van der Waals surface area contributed by atoms with Crippen molar-refractivity contribution >= 4 is 12.2 Å². The first-order chi connectivity index (χ1) is 7.17. The summed E-state index contributed by atoms with van der Waals surface area (Å²) in [7, 11) is 0. The Kier molecular flexibility index (Phi) is 7.85. The van der Waals surface area contributed by atoms with Crippen LogP contribution in [0.15, 0.2) is 0 Å². The first kappa shape index (κ1) is 14.1. The van der Waals surface area contributed by atoms with E-state index in [0.717, 1.165) is 0 Å². The van der Waals surface area contributed by atoms with Crippen molar-refractivity contribution in [2.24, 2.45) is 0 Å². The zero-order valence-corrected chi connectivity index (χ0v) is 9.06. The molecule has 0 aliphatic heterocycles. The molecule has 0 spiro atoms. The second kappa shape index (κ2) is 8.38. The number of aliphatic hydroxyl groups is 2. The van der Waals surface area contributed by atoms with Gasteiger partial charge < -0.3 is 19.9 Å². The second-order valence-electron chi connectivity index (χ2n) is 3.40. The molecule has 0 saturated heterocycles. The summed E-state index contributed by atoms with van der Waals surface area (Å²) in [5.41, 5.74) is 0. The fraction of sp³-hybridized carbons (Fsp3) is 0.800. The normalized spacial score (nSPS) is 12.2. The van der Waals surface area contributed by atoms with Gasteiger partial charge in [0.1, 0.15) is 6.29 Å². The highest BCUT2D eigenvalue weighted by Gasteiger charge is 2.18. The van der Waals surface area contributed by atoms with Crippen molar-refractivity contribution in [1.29, 1.82) is 0 Å². The van der Waals surface area contributed by atoms with E-state index in [-0.39, 0.29) is 38.1 Å². The predicted octanol–water partition coefficient (Wildman–Crippen LogP) is -0.443. The molecule has 5 heteroatoms. The summed E-state index contributed by atoms with van der Waals surface area (Å²) < 4.78 is 0. The number of nitrogens with zero attached hydrogens (tertiary/aromatic N) is 1. The van der Waals surface area contributed by atoms with Crippen LogP contribution >= 0.6 is 0 Å². The first-order valence-corrected chi connectivity index (χ1v) is 5.12. The Morgan fingerprint density at radius 1 is 1.40 bits per heavy atom. The van der Waals surface area contributed by atoms with Crippen LogP contribution in [0.5, 0.6) is 0 Å². The molecule has 88 valence electrons. The highest BCUT2D eigenvalue weighted by Crippen LogP contribution is 2.06. The van der Waals surface area contributed by atoms with E-state index >= 15 is 0 Å². The second-order valence-corrected chi connectivity index (χ2v) is 3.40. The van der Waals surface area contributed by atoms with Crippen molar-refractivity contribution < 1.29 is 19.8 Å². The van der Waals surface area contributed by atoms with Crippen LogP contribution in [0.3, 0.4) is 0 Å². The van der Waals surface area contributed by atoms with E-state index < -0.39 is 0 Å². The van der Waals surface area contributed by atoms with Crippen LogP contribution in [0.1, 0.15) is 26.2 Å². The van der Waals surface area contributed by atoms with E-state index in [1.54, 1.807) is 6.92 Å². The molecule has 0 saturated carbocycles. The molecule has 0 aromatic carbocycles. The van der Waals surface area contributed by atoms with Crippen LogP contribution in [0.2, 0.25) is 0 Å². The first-order valence-electron chi connectivity index (χ1n) is 5.12. The lowest BCUT2D eigenvalue weighted by Gasteiger charge is -2.27. The summed E-state index contributed by atoms with van der Waals surface area (Å²) in [4.78, 5) is 23.4. The van der Waals surface area contributed by atoms with E-state index in [9.17, 15) is 9.59 Å². The molecular formula is C10H19NO4. The minimum Gasteiger partial charge on any atom is -0.396 e. The summed E-state index contributed by atoms with van der Waals surface area (Å²) in [6.45, 7) is 1.79.